The largest absolute Gasteiger partial charge is 0.375 e. The van der Waals surface area contributed by atoms with Crippen LogP contribution in [0.2, 0.25) is 0 Å². The Morgan fingerprint density at radius 2 is 2.41 bits per heavy atom. The van der Waals surface area contributed by atoms with Gasteiger partial charge in [-0.2, -0.15) is 0 Å². The van der Waals surface area contributed by atoms with Gasteiger partial charge in [-0.05, 0) is 18.2 Å². The first-order valence-electron chi connectivity index (χ1n) is 4.93. The zero-order valence-electron chi connectivity index (χ0n) is 9.19. The minimum absolute atomic E-state index is 0.0879. The molecule has 0 saturated heterocycles. The van der Waals surface area contributed by atoms with Crippen LogP contribution in [0.5, 0.6) is 0 Å². The summed E-state index contributed by atoms with van der Waals surface area (Å²) in [4.78, 5) is 14.9. The van der Waals surface area contributed by atoms with Gasteiger partial charge in [0.1, 0.15) is 0 Å². The number of carbonyl (C=O) groups excluding carboxylic acids is 1. The SMILES string of the molecule is CC(=O)SCC#Cc1ccc2nc(N)sc2c1. The molecule has 0 spiro atoms. The standard InChI is InChI=1S/C12H10N2OS2/c1-8(15)16-6-2-3-9-4-5-10-11(7-9)17-12(13)14-10/h4-5,7H,6H2,1H3,(H2,13,14). The Balaban J connectivity index is 2.16. The molecule has 86 valence electrons. The molecule has 0 aliphatic heterocycles. The fourth-order valence-corrected chi connectivity index (χ4v) is 2.42. The minimum Gasteiger partial charge on any atom is -0.375 e. The van der Waals surface area contributed by atoms with Gasteiger partial charge in [-0.3, -0.25) is 4.79 Å². The van der Waals surface area contributed by atoms with Crippen molar-refractivity contribution in [2.24, 2.45) is 0 Å². The van der Waals surface area contributed by atoms with Crippen molar-refractivity contribution < 1.29 is 4.79 Å². The average Bonchev–Trinajstić information content (AvgIpc) is 2.63. The van der Waals surface area contributed by atoms with Crippen LogP contribution in [0.25, 0.3) is 10.2 Å². The Morgan fingerprint density at radius 3 is 3.18 bits per heavy atom. The van der Waals surface area contributed by atoms with Gasteiger partial charge in [0, 0.05) is 12.5 Å². The van der Waals surface area contributed by atoms with Crippen molar-refractivity contribution in [1.82, 2.24) is 4.98 Å². The molecule has 0 unspecified atom stereocenters. The van der Waals surface area contributed by atoms with Crippen LogP contribution in [0.4, 0.5) is 5.13 Å². The predicted octanol–water partition coefficient (Wildman–Crippen LogP) is 2.51. The lowest BCUT2D eigenvalue weighted by Crippen LogP contribution is -1.82. The molecule has 1 heterocycles. The van der Waals surface area contributed by atoms with Gasteiger partial charge in [0.05, 0.1) is 16.0 Å². The number of carbonyl (C=O) groups is 1. The second-order valence-electron chi connectivity index (χ2n) is 3.32. The first-order valence-corrected chi connectivity index (χ1v) is 6.73. The van der Waals surface area contributed by atoms with Crippen LogP contribution < -0.4 is 5.73 Å². The monoisotopic (exact) mass is 262 g/mol. The molecule has 2 N–H and O–H groups in total. The molecule has 0 aliphatic carbocycles. The highest BCUT2D eigenvalue weighted by Crippen LogP contribution is 2.24. The van der Waals surface area contributed by atoms with E-state index >= 15 is 0 Å². The van der Waals surface area contributed by atoms with Crippen LogP contribution in [-0.2, 0) is 4.79 Å². The van der Waals surface area contributed by atoms with E-state index in [-0.39, 0.29) is 5.12 Å². The fourth-order valence-electron chi connectivity index (χ4n) is 1.30. The van der Waals surface area contributed by atoms with Crippen LogP contribution in [-0.4, -0.2) is 15.9 Å². The van der Waals surface area contributed by atoms with Crippen molar-refractivity contribution in [3.8, 4) is 11.8 Å². The lowest BCUT2D eigenvalue weighted by atomic mass is 10.2. The molecule has 0 saturated carbocycles. The fraction of sp³-hybridized carbons (Fsp3) is 0.167. The predicted molar refractivity (Wildman–Crippen MR) is 74.0 cm³/mol. The third-order valence-corrected chi connectivity index (χ3v) is 3.53. The molecule has 0 atom stereocenters. The smallest absolute Gasteiger partial charge is 0.186 e. The topological polar surface area (TPSA) is 56.0 Å². The summed E-state index contributed by atoms with van der Waals surface area (Å²) < 4.78 is 1.04. The van der Waals surface area contributed by atoms with Crippen molar-refractivity contribution >= 4 is 43.6 Å². The number of nitrogens with zero attached hydrogens (tertiary/aromatic N) is 1. The molecule has 5 heteroatoms. The highest BCUT2D eigenvalue weighted by molar-refractivity contribution is 8.13. The van der Waals surface area contributed by atoms with Crippen LogP contribution in [0, 0.1) is 11.8 Å². The van der Waals surface area contributed by atoms with Crippen molar-refractivity contribution in [3.63, 3.8) is 0 Å². The van der Waals surface area contributed by atoms with Gasteiger partial charge in [0.15, 0.2) is 10.2 Å². The lowest BCUT2D eigenvalue weighted by molar-refractivity contribution is -0.109. The second-order valence-corrected chi connectivity index (χ2v) is 5.53. The third-order valence-electron chi connectivity index (χ3n) is 1.99. The van der Waals surface area contributed by atoms with Crippen molar-refractivity contribution in [2.45, 2.75) is 6.92 Å². The van der Waals surface area contributed by atoms with E-state index in [0.717, 1.165) is 15.8 Å². The van der Waals surface area contributed by atoms with Crippen molar-refractivity contribution in [3.05, 3.63) is 23.8 Å². The summed E-state index contributed by atoms with van der Waals surface area (Å²) in [6.07, 6.45) is 0. The molecular formula is C12H10N2OS2. The number of benzene rings is 1. The highest BCUT2D eigenvalue weighted by Gasteiger charge is 2.00. The van der Waals surface area contributed by atoms with E-state index in [1.165, 1.54) is 23.1 Å². The Labute approximate surface area is 107 Å². The summed E-state index contributed by atoms with van der Waals surface area (Å²) in [6.45, 7) is 1.54. The summed E-state index contributed by atoms with van der Waals surface area (Å²) >= 11 is 2.67. The normalized spacial score (nSPS) is 9.94. The third kappa shape index (κ3) is 3.22. The number of fused-ring (bicyclic) bond motifs is 1. The zero-order chi connectivity index (χ0) is 12.3. The summed E-state index contributed by atoms with van der Waals surface area (Å²) in [5, 5.41) is 0.655. The molecule has 1 aromatic carbocycles. The minimum atomic E-state index is 0.0879. The van der Waals surface area contributed by atoms with Crippen LogP contribution in [0.1, 0.15) is 12.5 Å². The summed E-state index contributed by atoms with van der Waals surface area (Å²) in [5.41, 5.74) is 7.45. The van der Waals surface area contributed by atoms with E-state index in [1.807, 2.05) is 18.2 Å². The summed E-state index contributed by atoms with van der Waals surface area (Å²) in [7, 11) is 0. The number of nitrogen functional groups attached to an aromatic ring is 1. The summed E-state index contributed by atoms with van der Waals surface area (Å²) in [6, 6.07) is 5.78. The molecule has 2 rings (SSSR count). The Bertz CT molecular complexity index is 622. The molecular weight excluding hydrogens is 252 g/mol. The number of nitrogens with two attached hydrogens (primary N) is 1. The maximum absolute atomic E-state index is 10.7. The van der Waals surface area contributed by atoms with Crippen molar-refractivity contribution in [2.75, 3.05) is 11.5 Å². The van der Waals surface area contributed by atoms with Crippen LogP contribution >= 0.6 is 23.1 Å². The molecule has 0 radical (unpaired) electrons. The van der Waals surface area contributed by atoms with E-state index in [9.17, 15) is 4.79 Å². The van der Waals surface area contributed by atoms with Gasteiger partial charge in [0.25, 0.3) is 0 Å². The number of hydrogen-bond donors (Lipinski definition) is 1. The molecule has 1 aromatic heterocycles. The first kappa shape index (κ1) is 12.0. The van der Waals surface area contributed by atoms with E-state index in [1.54, 1.807) is 6.92 Å². The van der Waals surface area contributed by atoms with E-state index in [0.29, 0.717) is 10.9 Å². The first-order chi connectivity index (χ1) is 8.15. The maximum atomic E-state index is 10.7. The van der Waals surface area contributed by atoms with E-state index in [4.69, 9.17) is 5.73 Å². The number of aromatic nitrogens is 1. The average molecular weight is 262 g/mol. The molecule has 0 aliphatic rings. The molecule has 0 bridgehead atoms. The molecule has 17 heavy (non-hydrogen) atoms. The van der Waals surface area contributed by atoms with Gasteiger partial charge in [0.2, 0.25) is 0 Å². The number of thiazole rings is 1. The Morgan fingerprint density at radius 1 is 1.59 bits per heavy atom. The van der Waals surface area contributed by atoms with Gasteiger partial charge in [-0.25, -0.2) is 4.98 Å². The number of anilines is 1. The number of thioether (sulfide) groups is 1. The van der Waals surface area contributed by atoms with E-state index in [2.05, 4.69) is 16.8 Å². The highest BCUT2D eigenvalue weighted by atomic mass is 32.2. The van der Waals surface area contributed by atoms with Gasteiger partial charge in [-0.15, -0.1) is 0 Å². The van der Waals surface area contributed by atoms with Gasteiger partial charge < -0.3 is 5.73 Å². The molecule has 0 fully saturated rings. The maximum Gasteiger partial charge on any atom is 0.186 e. The summed E-state index contributed by atoms with van der Waals surface area (Å²) in [5.74, 6) is 6.49. The van der Waals surface area contributed by atoms with E-state index < -0.39 is 0 Å². The Kier molecular flexibility index (Phi) is 3.67. The lowest BCUT2D eigenvalue weighted by Gasteiger charge is -1.90. The zero-order valence-corrected chi connectivity index (χ0v) is 10.8. The molecule has 0 amide bonds. The molecule has 3 nitrogen and oxygen atoms in total. The van der Waals surface area contributed by atoms with Gasteiger partial charge >= 0.3 is 0 Å². The van der Waals surface area contributed by atoms with Crippen LogP contribution in [0.3, 0.4) is 0 Å². The number of hydrogen-bond acceptors (Lipinski definition) is 5. The van der Waals surface area contributed by atoms with Crippen LogP contribution in [0.15, 0.2) is 18.2 Å². The molecule has 2 aromatic rings. The second kappa shape index (κ2) is 5.21. The quantitative estimate of drug-likeness (QED) is 0.802. The van der Waals surface area contributed by atoms with Gasteiger partial charge in [-0.1, -0.05) is 34.9 Å². The number of rotatable bonds is 1. The Hall–Kier alpha value is -1.51. The van der Waals surface area contributed by atoms with Crippen molar-refractivity contribution in [1.29, 1.82) is 0 Å².